The third-order valence-corrected chi connectivity index (χ3v) is 10.2. The average molecular weight is 620 g/mol. The number of benzene rings is 2. The smallest absolute Gasteiger partial charge is 0.242 e. The number of aromatic nitrogens is 2. The molecule has 0 radical (unpaired) electrons. The molecule has 11 heteroatoms. The first-order valence-electron chi connectivity index (χ1n) is 13.7. The van der Waals surface area contributed by atoms with E-state index in [1.165, 1.54) is 0 Å². The zero-order chi connectivity index (χ0) is 29.4. The number of nitrogens with zero attached hydrogens (tertiary/aromatic N) is 5. The van der Waals surface area contributed by atoms with Crippen molar-refractivity contribution in [1.29, 1.82) is 0 Å². The Morgan fingerprint density at radius 2 is 1.67 bits per heavy atom. The summed E-state index contributed by atoms with van der Waals surface area (Å²) in [7, 11) is 0. The molecule has 0 unspecified atom stereocenters. The number of hydrogen-bond donors (Lipinski definition) is 0. The lowest BCUT2D eigenvalue weighted by Crippen LogP contribution is -2.53. The van der Waals surface area contributed by atoms with E-state index in [4.69, 9.17) is 16.7 Å². The Hall–Kier alpha value is -3.60. The summed E-state index contributed by atoms with van der Waals surface area (Å²) in [5.74, 6) is 0.529. The van der Waals surface area contributed by atoms with Crippen LogP contribution in [0, 0.1) is 6.92 Å². The number of piperazine rings is 1. The number of hydrogen-bond acceptors (Lipinski definition) is 6. The third kappa shape index (κ3) is 5.58. The van der Waals surface area contributed by atoms with Crippen LogP contribution < -0.4 is 4.90 Å². The van der Waals surface area contributed by atoms with E-state index in [1.807, 2.05) is 71.6 Å². The van der Waals surface area contributed by atoms with Crippen molar-refractivity contribution >= 4 is 58.2 Å². The molecule has 216 valence electrons. The van der Waals surface area contributed by atoms with Crippen LogP contribution in [0.2, 0.25) is 5.02 Å². The number of rotatable bonds is 5. The van der Waals surface area contributed by atoms with Gasteiger partial charge in [-0.25, -0.2) is 4.68 Å². The Balaban J connectivity index is 1.50. The number of anilines is 1. The average Bonchev–Trinajstić information content (AvgIpc) is 3.63. The minimum Gasteiger partial charge on any atom is -0.339 e. The summed E-state index contributed by atoms with van der Waals surface area (Å²) in [6.07, 6.45) is 0. The molecule has 8 nitrogen and oxygen atoms in total. The summed E-state index contributed by atoms with van der Waals surface area (Å²) in [4.78, 5) is 45.6. The molecule has 2 aromatic carbocycles. The van der Waals surface area contributed by atoms with E-state index in [0.29, 0.717) is 37.0 Å². The zero-order valence-corrected chi connectivity index (χ0v) is 25.7. The highest BCUT2D eigenvalue weighted by molar-refractivity contribution is 8.00. The maximum Gasteiger partial charge on any atom is 0.242 e. The van der Waals surface area contributed by atoms with Gasteiger partial charge in [-0.1, -0.05) is 47.5 Å². The van der Waals surface area contributed by atoms with Gasteiger partial charge in [0.05, 0.1) is 22.4 Å². The fourth-order valence-electron chi connectivity index (χ4n) is 5.38. The van der Waals surface area contributed by atoms with Crippen LogP contribution in [0.4, 0.5) is 5.82 Å². The fourth-order valence-corrected chi connectivity index (χ4v) is 7.68. The Bertz CT molecular complexity index is 1610. The van der Waals surface area contributed by atoms with Crippen LogP contribution >= 0.6 is 34.7 Å². The lowest BCUT2D eigenvalue weighted by molar-refractivity contribution is -0.137. The molecule has 3 amide bonds. The molecule has 1 saturated heterocycles. The van der Waals surface area contributed by atoms with Gasteiger partial charge in [0.25, 0.3) is 0 Å². The number of amides is 3. The van der Waals surface area contributed by atoms with Crippen molar-refractivity contribution in [3.8, 4) is 16.9 Å². The zero-order valence-electron chi connectivity index (χ0n) is 23.3. The van der Waals surface area contributed by atoms with Gasteiger partial charge in [-0.05, 0) is 42.6 Å². The first-order chi connectivity index (χ1) is 20.3. The number of carbonyl (C=O) groups is 3. The van der Waals surface area contributed by atoms with Crippen LogP contribution in [0.3, 0.4) is 0 Å². The SMILES string of the molecule is CC(=O)N1CCN(C(=O)CN2C(=O)CS[C@H](c3cccs3)c3c(-c4ccc(Cl)cc4)nn(-c4ccc(C)cc4)c32)CC1. The van der Waals surface area contributed by atoms with Crippen molar-refractivity contribution in [2.45, 2.75) is 19.1 Å². The first kappa shape index (κ1) is 28.5. The van der Waals surface area contributed by atoms with Crippen molar-refractivity contribution in [2.24, 2.45) is 0 Å². The van der Waals surface area contributed by atoms with E-state index in [0.717, 1.165) is 32.9 Å². The number of fused-ring (bicyclic) bond motifs is 1. The molecule has 0 spiro atoms. The van der Waals surface area contributed by atoms with Crippen LogP contribution in [0.1, 0.15) is 28.2 Å². The summed E-state index contributed by atoms with van der Waals surface area (Å²) in [6, 6.07) is 19.7. The molecule has 4 aromatic rings. The maximum atomic E-state index is 13.9. The van der Waals surface area contributed by atoms with Crippen molar-refractivity contribution < 1.29 is 14.4 Å². The number of aryl methyl sites for hydroxylation is 1. The maximum absolute atomic E-state index is 13.9. The first-order valence-corrected chi connectivity index (χ1v) is 16.1. The molecule has 2 aliphatic heterocycles. The molecule has 2 aliphatic rings. The van der Waals surface area contributed by atoms with Crippen LogP contribution in [-0.4, -0.2) is 75.8 Å². The second kappa shape index (κ2) is 11.9. The van der Waals surface area contributed by atoms with Crippen molar-refractivity contribution in [2.75, 3.05) is 43.4 Å². The van der Waals surface area contributed by atoms with Gasteiger partial charge in [0.2, 0.25) is 17.7 Å². The summed E-state index contributed by atoms with van der Waals surface area (Å²) >= 11 is 9.45. The Kier molecular flexibility index (Phi) is 8.11. The highest BCUT2D eigenvalue weighted by atomic mass is 35.5. The van der Waals surface area contributed by atoms with Crippen LogP contribution in [-0.2, 0) is 14.4 Å². The van der Waals surface area contributed by atoms with Gasteiger partial charge >= 0.3 is 0 Å². The van der Waals surface area contributed by atoms with E-state index in [2.05, 4.69) is 6.07 Å². The summed E-state index contributed by atoms with van der Waals surface area (Å²) in [5.41, 5.74) is 4.43. The van der Waals surface area contributed by atoms with Crippen LogP contribution in [0.15, 0.2) is 66.0 Å². The monoisotopic (exact) mass is 619 g/mol. The van der Waals surface area contributed by atoms with Crippen molar-refractivity contribution in [1.82, 2.24) is 19.6 Å². The highest BCUT2D eigenvalue weighted by Gasteiger charge is 2.39. The van der Waals surface area contributed by atoms with E-state index >= 15 is 0 Å². The molecular formula is C31H30ClN5O3S2. The standard InChI is InChI=1S/C31H30ClN5O3S2/c1-20-5-11-24(12-6-20)37-31-28(29(33-37)22-7-9-23(32)10-8-22)30(25-4-3-17-41-25)42-19-27(40)36(31)18-26(39)35-15-13-34(14-16-35)21(2)38/h3-12,17,30H,13-16,18-19H2,1-2H3/t30-/m1/s1. The fraction of sp³-hybridized carbons (Fsp3) is 0.290. The van der Waals surface area contributed by atoms with Gasteiger partial charge in [-0.2, -0.15) is 5.10 Å². The van der Waals surface area contributed by atoms with Gasteiger partial charge in [0, 0.05) is 54.1 Å². The molecule has 1 fully saturated rings. The topological polar surface area (TPSA) is 78.8 Å². The van der Waals surface area contributed by atoms with Crippen LogP contribution in [0.5, 0.6) is 0 Å². The molecule has 4 heterocycles. The van der Waals surface area contributed by atoms with Crippen molar-refractivity contribution in [3.63, 3.8) is 0 Å². The molecule has 0 N–H and O–H groups in total. The lowest BCUT2D eigenvalue weighted by Gasteiger charge is -2.35. The van der Waals surface area contributed by atoms with E-state index < -0.39 is 0 Å². The van der Waals surface area contributed by atoms with E-state index in [9.17, 15) is 14.4 Å². The second-order valence-corrected chi connectivity index (χ2v) is 12.9. The Morgan fingerprint density at radius 1 is 0.976 bits per heavy atom. The van der Waals surface area contributed by atoms with E-state index in [-0.39, 0.29) is 35.3 Å². The molecular weight excluding hydrogens is 590 g/mol. The predicted molar refractivity (Wildman–Crippen MR) is 169 cm³/mol. The number of thioether (sulfide) groups is 1. The molecule has 0 saturated carbocycles. The summed E-state index contributed by atoms with van der Waals surface area (Å²) in [6.45, 7) is 5.30. The van der Waals surface area contributed by atoms with Gasteiger partial charge in [0.1, 0.15) is 12.4 Å². The largest absolute Gasteiger partial charge is 0.339 e. The number of halogens is 1. The van der Waals surface area contributed by atoms with Crippen LogP contribution in [0.25, 0.3) is 16.9 Å². The van der Waals surface area contributed by atoms with E-state index in [1.54, 1.807) is 44.7 Å². The second-order valence-electron chi connectivity index (χ2n) is 10.4. The van der Waals surface area contributed by atoms with Gasteiger partial charge in [0.15, 0.2) is 0 Å². The molecule has 1 atom stereocenters. The molecule has 0 bridgehead atoms. The number of thiophene rings is 1. The highest BCUT2D eigenvalue weighted by Crippen LogP contribution is 2.49. The molecule has 42 heavy (non-hydrogen) atoms. The summed E-state index contributed by atoms with van der Waals surface area (Å²) in [5, 5.41) is 7.63. The summed E-state index contributed by atoms with van der Waals surface area (Å²) < 4.78 is 1.81. The molecule has 0 aliphatic carbocycles. The Labute approximate surface area is 257 Å². The predicted octanol–water partition coefficient (Wildman–Crippen LogP) is 5.42. The van der Waals surface area contributed by atoms with Gasteiger partial charge in [-0.15, -0.1) is 23.1 Å². The van der Waals surface area contributed by atoms with Crippen molar-refractivity contribution in [3.05, 3.63) is 87.1 Å². The van der Waals surface area contributed by atoms with Gasteiger partial charge in [-0.3, -0.25) is 19.3 Å². The number of carbonyl (C=O) groups excluding carboxylic acids is 3. The quantitative estimate of drug-likeness (QED) is 0.298. The minimum absolute atomic E-state index is 0.00260. The Morgan fingerprint density at radius 3 is 2.31 bits per heavy atom. The lowest BCUT2D eigenvalue weighted by atomic mass is 10.0. The van der Waals surface area contributed by atoms with Gasteiger partial charge < -0.3 is 9.80 Å². The minimum atomic E-state index is -0.159. The molecule has 2 aromatic heterocycles. The third-order valence-electron chi connectivity index (χ3n) is 7.66. The molecule has 6 rings (SSSR count). The normalized spacial score (nSPS) is 17.3.